The van der Waals surface area contributed by atoms with E-state index in [0.717, 1.165) is 83.2 Å². The summed E-state index contributed by atoms with van der Waals surface area (Å²) in [5.41, 5.74) is 5.86. The summed E-state index contributed by atoms with van der Waals surface area (Å²) in [6.07, 6.45) is 9.12. The van der Waals surface area contributed by atoms with E-state index in [0.29, 0.717) is 11.1 Å². The topological polar surface area (TPSA) is 71.0 Å². The Balaban J connectivity index is 0.000000160. The van der Waals surface area contributed by atoms with Crippen LogP contribution in [0.5, 0.6) is 0 Å². The summed E-state index contributed by atoms with van der Waals surface area (Å²) in [5.74, 6) is 0. The standard InChI is InChI=1S/C18H25N3.C14H23N3.C13H22N4/c1-18(2,3)21-12-10-20(11-13-21)14-15-8-9-19-17-7-5-4-6-16(15)17;1-14(2,3)17-10-8-16(9-11-17)12-13-4-6-15-7-5-13;1-13(2,3)17-8-6-16(7-9-17)10-12-4-5-14-11-15-12/h4-9H,10-14H2,1-3H3;4-7H,8-12H2,1-3H3;4-5,11H,6-10H2,1-3H3. The normalized spacial score (nSPS) is 19.0. The van der Waals surface area contributed by atoms with Gasteiger partial charge in [-0.2, -0.15) is 0 Å². The number of aromatic nitrogens is 4. The minimum Gasteiger partial charge on any atom is -0.297 e. The van der Waals surface area contributed by atoms with Crippen molar-refractivity contribution in [2.24, 2.45) is 0 Å². The maximum absolute atomic E-state index is 4.45. The molecule has 10 heteroatoms. The molecule has 0 amide bonds. The van der Waals surface area contributed by atoms with Gasteiger partial charge in [-0.3, -0.25) is 39.4 Å². The number of benzene rings is 1. The number of para-hydroxylation sites is 1. The average Bonchev–Trinajstić information content (AvgIpc) is 3.16. The van der Waals surface area contributed by atoms with Gasteiger partial charge in [0, 0.05) is 145 Å². The quantitative estimate of drug-likeness (QED) is 0.217. The van der Waals surface area contributed by atoms with Crippen LogP contribution < -0.4 is 0 Å². The molecule has 1 aromatic carbocycles. The summed E-state index contributed by atoms with van der Waals surface area (Å²) in [4.78, 5) is 32.0. The summed E-state index contributed by atoms with van der Waals surface area (Å²) < 4.78 is 0. The summed E-state index contributed by atoms with van der Waals surface area (Å²) in [5, 5.41) is 1.29. The van der Waals surface area contributed by atoms with E-state index >= 15 is 0 Å². The van der Waals surface area contributed by atoms with Gasteiger partial charge in [0.15, 0.2) is 0 Å². The molecule has 0 atom stereocenters. The van der Waals surface area contributed by atoms with Gasteiger partial charge in [0.1, 0.15) is 6.33 Å². The number of fused-ring (bicyclic) bond motifs is 1. The van der Waals surface area contributed by atoms with Crippen molar-refractivity contribution >= 4 is 10.9 Å². The number of pyridine rings is 2. The van der Waals surface area contributed by atoms with E-state index in [-0.39, 0.29) is 5.54 Å². The summed E-state index contributed by atoms with van der Waals surface area (Å²) >= 11 is 0. The zero-order chi connectivity index (χ0) is 39.5. The monoisotopic (exact) mass is 751 g/mol. The Labute approximate surface area is 333 Å². The molecule has 0 bridgehead atoms. The van der Waals surface area contributed by atoms with Crippen molar-refractivity contribution in [3.8, 4) is 0 Å². The van der Waals surface area contributed by atoms with Crippen LogP contribution in [0.15, 0.2) is 79.6 Å². The highest BCUT2D eigenvalue weighted by molar-refractivity contribution is 5.81. The first-order valence-electron chi connectivity index (χ1n) is 20.5. The molecule has 55 heavy (non-hydrogen) atoms. The third kappa shape index (κ3) is 13.7. The van der Waals surface area contributed by atoms with E-state index < -0.39 is 0 Å². The molecule has 10 nitrogen and oxygen atoms in total. The Hall–Kier alpha value is -3.38. The van der Waals surface area contributed by atoms with Crippen LogP contribution in [0.3, 0.4) is 0 Å². The Morgan fingerprint density at radius 1 is 0.455 bits per heavy atom. The van der Waals surface area contributed by atoms with Crippen LogP contribution in [0.1, 0.15) is 79.1 Å². The Bertz CT molecular complexity index is 1600. The number of piperazine rings is 3. The molecule has 0 spiro atoms. The largest absolute Gasteiger partial charge is 0.297 e. The van der Waals surface area contributed by atoms with E-state index in [1.54, 1.807) is 6.33 Å². The third-order valence-corrected chi connectivity index (χ3v) is 11.3. The van der Waals surface area contributed by atoms with Crippen molar-refractivity contribution < 1.29 is 0 Å². The molecule has 0 aliphatic carbocycles. The second-order valence-corrected chi connectivity index (χ2v) is 18.3. The minimum atomic E-state index is 0.287. The lowest BCUT2D eigenvalue weighted by molar-refractivity contribution is 0.0585. The zero-order valence-electron chi connectivity index (χ0n) is 35.6. The lowest BCUT2D eigenvalue weighted by atomic mass is 10.0. The molecular formula is C45H70N10. The lowest BCUT2D eigenvalue weighted by Crippen LogP contribution is -2.53. The van der Waals surface area contributed by atoms with Gasteiger partial charge in [-0.05, 0) is 104 Å². The predicted octanol–water partition coefficient (Wildman–Crippen LogP) is 6.54. The van der Waals surface area contributed by atoms with Crippen molar-refractivity contribution in [1.29, 1.82) is 0 Å². The van der Waals surface area contributed by atoms with Gasteiger partial charge < -0.3 is 0 Å². The molecule has 0 N–H and O–H groups in total. The second kappa shape index (κ2) is 19.7. The molecule has 0 radical (unpaired) electrons. The molecule has 3 aromatic heterocycles. The fourth-order valence-corrected chi connectivity index (χ4v) is 7.65. The van der Waals surface area contributed by atoms with E-state index in [1.807, 2.05) is 30.9 Å². The van der Waals surface area contributed by atoms with Crippen molar-refractivity contribution in [3.05, 3.63) is 96.5 Å². The van der Waals surface area contributed by atoms with Gasteiger partial charge in [-0.15, -0.1) is 0 Å². The number of rotatable bonds is 6. The van der Waals surface area contributed by atoms with E-state index in [9.17, 15) is 0 Å². The van der Waals surface area contributed by atoms with Crippen molar-refractivity contribution in [2.45, 2.75) is 98.6 Å². The van der Waals surface area contributed by atoms with E-state index in [4.69, 9.17) is 0 Å². The third-order valence-electron chi connectivity index (χ3n) is 11.3. The molecule has 3 saturated heterocycles. The smallest absolute Gasteiger partial charge is 0.115 e. The highest BCUT2D eigenvalue weighted by Crippen LogP contribution is 2.22. The molecule has 6 heterocycles. The van der Waals surface area contributed by atoms with Gasteiger partial charge in [-0.1, -0.05) is 18.2 Å². The van der Waals surface area contributed by atoms with Crippen LogP contribution in [-0.2, 0) is 19.6 Å². The Kier molecular flexibility index (Phi) is 15.3. The van der Waals surface area contributed by atoms with Gasteiger partial charge in [0.25, 0.3) is 0 Å². The van der Waals surface area contributed by atoms with Crippen LogP contribution in [0.25, 0.3) is 10.9 Å². The molecule has 3 aliphatic rings. The van der Waals surface area contributed by atoms with E-state index in [2.05, 4.69) is 154 Å². The molecule has 300 valence electrons. The molecular weight excluding hydrogens is 681 g/mol. The van der Waals surface area contributed by atoms with Crippen LogP contribution >= 0.6 is 0 Å². The maximum atomic E-state index is 4.45. The number of hydrogen-bond donors (Lipinski definition) is 0. The molecule has 7 rings (SSSR count). The van der Waals surface area contributed by atoms with Crippen molar-refractivity contribution in [2.75, 3.05) is 78.5 Å². The van der Waals surface area contributed by atoms with Crippen LogP contribution in [-0.4, -0.2) is 144 Å². The number of nitrogens with zero attached hydrogens (tertiary/aromatic N) is 10. The molecule has 0 saturated carbocycles. The molecule has 0 unspecified atom stereocenters. The zero-order valence-corrected chi connectivity index (χ0v) is 35.6. The Morgan fingerprint density at radius 2 is 0.927 bits per heavy atom. The van der Waals surface area contributed by atoms with Crippen LogP contribution in [0.4, 0.5) is 0 Å². The predicted molar refractivity (Wildman–Crippen MR) is 228 cm³/mol. The first-order chi connectivity index (χ1) is 26.1. The highest BCUT2D eigenvalue weighted by Gasteiger charge is 2.28. The summed E-state index contributed by atoms with van der Waals surface area (Å²) in [6.45, 7) is 37.5. The Morgan fingerprint density at radius 3 is 1.42 bits per heavy atom. The lowest BCUT2D eigenvalue weighted by Gasteiger charge is -2.42. The van der Waals surface area contributed by atoms with E-state index in [1.165, 1.54) is 42.7 Å². The van der Waals surface area contributed by atoms with Crippen LogP contribution in [0.2, 0.25) is 0 Å². The molecule has 3 aliphatic heterocycles. The SMILES string of the molecule is CC(C)(C)N1CCN(Cc2ccnc3ccccc23)CC1.CC(C)(C)N1CCN(Cc2ccncc2)CC1.CC(C)(C)N1CCN(Cc2ccncn2)CC1. The second-order valence-electron chi connectivity index (χ2n) is 18.3. The number of hydrogen-bond acceptors (Lipinski definition) is 10. The molecule has 3 fully saturated rings. The van der Waals surface area contributed by atoms with Crippen molar-refractivity contribution in [3.63, 3.8) is 0 Å². The molecule has 4 aromatic rings. The first-order valence-corrected chi connectivity index (χ1v) is 20.5. The van der Waals surface area contributed by atoms with Gasteiger partial charge in [-0.25, -0.2) is 9.97 Å². The van der Waals surface area contributed by atoms with Crippen molar-refractivity contribution in [1.82, 2.24) is 49.3 Å². The maximum Gasteiger partial charge on any atom is 0.115 e. The minimum absolute atomic E-state index is 0.287. The van der Waals surface area contributed by atoms with Crippen LogP contribution in [0, 0.1) is 0 Å². The first kappa shape index (κ1) is 42.8. The van der Waals surface area contributed by atoms with Gasteiger partial charge >= 0.3 is 0 Å². The summed E-state index contributed by atoms with van der Waals surface area (Å²) in [7, 11) is 0. The highest BCUT2D eigenvalue weighted by atomic mass is 15.3. The fourth-order valence-electron chi connectivity index (χ4n) is 7.65. The average molecular weight is 751 g/mol. The summed E-state index contributed by atoms with van der Waals surface area (Å²) in [6, 6.07) is 16.8. The fraction of sp³-hybridized carbons (Fsp3) is 0.600. The van der Waals surface area contributed by atoms with Gasteiger partial charge in [0.05, 0.1) is 11.2 Å². The van der Waals surface area contributed by atoms with Gasteiger partial charge in [0.2, 0.25) is 0 Å².